The third-order valence-electron chi connectivity index (χ3n) is 4.58. The summed E-state index contributed by atoms with van der Waals surface area (Å²) in [6.07, 6.45) is 1.81. The SMILES string of the molecule is CCOc1ccc(CC(=O)N/N=C/c2ccc(OCc3ccc(Br)cc3)c(OCC)c2)cc1. The van der Waals surface area contributed by atoms with Crippen molar-refractivity contribution >= 4 is 28.1 Å². The Labute approximate surface area is 202 Å². The van der Waals surface area contributed by atoms with Gasteiger partial charge in [0.25, 0.3) is 0 Å². The van der Waals surface area contributed by atoms with Crippen LogP contribution in [0.2, 0.25) is 0 Å². The van der Waals surface area contributed by atoms with Crippen LogP contribution in [0.15, 0.2) is 76.3 Å². The van der Waals surface area contributed by atoms with Gasteiger partial charge in [0.05, 0.1) is 25.8 Å². The zero-order valence-electron chi connectivity index (χ0n) is 18.7. The molecule has 3 aromatic rings. The molecule has 6 nitrogen and oxygen atoms in total. The zero-order valence-corrected chi connectivity index (χ0v) is 20.3. The number of halogens is 1. The fourth-order valence-electron chi connectivity index (χ4n) is 3.01. The Balaban J connectivity index is 1.56. The van der Waals surface area contributed by atoms with E-state index in [2.05, 4.69) is 26.5 Å². The number of hydrazone groups is 1. The standard InChI is InChI=1S/C26H27BrN2O4/c1-3-31-23-12-7-19(8-13-23)16-26(30)29-28-17-21-9-14-24(25(15-21)32-4-2)33-18-20-5-10-22(27)11-6-20/h5-15,17H,3-4,16,18H2,1-2H3,(H,29,30)/b28-17+. The van der Waals surface area contributed by atoms with Crippen molar-refractivity contribution in [1.82, 2.24) is 5.43 Å². The summed E-state index contributed by atoms with van der Waals surface area (Å²) in [6.45, 7) is 5.40. The minimum atomic E-state index is -0.199. The number of carbonyl (C=O) groups is 1. The first-order chi connectivity index (χ1) is 16.1. The molecule has 0 saturated carbocycles. The first-order valence-electron chi connectivity index (χ1n) is 10.7. The number of nitrogens with one attached hydrogen (secondary N) is 1. The van der Waals surface area contributed by atoms with Crippen molar-refractivity contribution in [1.29, 1.82) is 0 Å². The van der Waals surface area contributed by atoms with Crippen molar-refractivity contribution in [2.75, 3.05) is 13.2 Å². The number of hydrogen-bond acceptors (Lipinski definition) is 5. The summed E-state index contributed by atoms with van der Waals surface area (Å²) in [6, 6.07) is 20.9. The number of hydrogen-bond donors (Lipinski definition) is 1. The van der Waals surface area contributed by atoms with Crippen LogP contribution in [0.25, 0.3) is 0 Å². The van der Waals surface area contributed by atoms with Crippen LogP contribution in [-0.2, 0) is 17.8 Å². The summed E-state index contributed by atoms with van der Waals surface area (Å²) in [4.78, 5) is 12.2. The molecule has 1 N–H and O–H groups in total. The fourth-order valence-corrected chi connectivity index (χ4v) is 3.27. The summed E-state index contributed by atoms with van der Waals surface area (Å²) >= 11 is 3.43. The van der Waals surface area contributed by atoms with E-state index in [4.69, 9.17) is 14.2 Å². The van der Waals surface area contributed by atoms with E-state index in [-0.39, 0.29) is 12.3 Å². The van der Waals surface area contributed by atoms with E-state index in [1.807, 2.05) is 80.6 Å². The Kier molecular flexibility index (Phi) is 9.32. The molecule has 172 valence electrons. The molecule has 0 aliphatic carbocycles. The van der Waals surface area contributed by atoms with Crippen LogP contribution in [0.4, 0.5) is 0 Å². The van der Waals surface area contributed by atoms with Crippen molar-refractivity contribution in [3.05, 3.63) is 87.9 Å². The molecule has 0 saturated heterocycles. The van der Waals surface area contributed by atoms with E-state index < -0.39 is 0 Å². The van der Waals surface area contributed by atoms with Crippen LogP contribution < -0.4 is 19.6 Å². The molecule has 1 amide bonds. The average molecular weight is 511 g/mol. The van der Waals surface area contributed by atoms with E-state index in [0.717, 1.165) is 26.9 Å². The molecule has 0 atom stereocenters. The van der Waals surface area contributed by atoms with Gasteiger partial charge in [-0.1, -0.05) is 40.2 Å². The molecule has 0 unspecified atom stereocenters. The Morgan fingerprint density at radius 3 is 2.27 bits per heavy atom. The van der Waals surface area contributed by atoms with Crippen LogP contribution in [0.5, 0.6) is 17.2 Å². The summed E-state index contributed by atoms with van der Waals surface area (Å²) in [5.74, 6) is 1.86. The predicted octanol–water partition coefficient (Wildman–Crippen LogP) is 5.52. The molecular formula is C26H27BrN2O4. The van der Waals surface area contributed by atoms with Crippen LogP contribution >= 0.6 is 15.9 Å². The number of carbonyl (C=O) groups excluding carboxylic acids is 1. The Morgan fingerprint density at radius 1 is 0.879 bits per heavy atom. The summed E-state index contributed by atoms with van der Waals surface area (Å²) < 4.78 is 18.1. The lowest BCUT2D eigenvalue weighted by atomic mass is 10.1. The van der Waals surface area contributed by atoms with Gasteiger partial charge < -0.3 is 14.2 Å². The van der Waals surface area contributed by atoms with Gasteiger partial charge in [-0.25, -0.2) is 5.43 Å². The maximum atomic E-state index is 12.2. The molecular weight excluding hydrogens is 484 g/mol. The van der Waals surface area contributed by atoms with Gasteiger partial charge in [-0.3, -0.25) is 4.79 Å². The van der Waals surface area contributed by atoms with Crippen molar-refractivity contribution in [2.45, 2.75) is 26.9 Å². The average Bonchev–Trinajstić information content (AvgIpc) is 2.81. The first-order valence-corrected chi connectivity index (χ1v) is 11.5. The smallest absolute Gasteiger partial charge is 0.244 e. The summed E-state index contributed by atoms with van der Waals surface area (Å²) in [5.41, 5.74) is 5.29. The van der Waals surface area contributed by atoms with Gasteiger partial charge in [-0.15, -0.1) is 0 Å². The second-order valence-corrected chi connectivity index (χ2v) is 8.02. The monoisotopic (exact) mass is 510 g/mol. The van der Waals surface area contributed by atoms with Crippen molar-refractivity contribution < 1.29 is 19.0 Å². The van der Waals surface area contributed by atoms with Crippen molar-refractivity contribution in [3.8, 4) is 17.2 Å². The molecule has 0 heterocycles. The molecule has 0 radical (unpaired) electrons. The maximum absolute atomic E-state index is 12.2. The normalized spacial score (nSPS) is 10.8. The second kappa shape index (κ2) is 12.6. The molecule has 3 rings (SSSR count). The summed E-state index contributed by atoms with van der Waals surface area (Å²) in [5, 5.41) is 4.07. The summed E-state index contributed by atoms with van der Waals surface area (Å²) in [7, 11) is 0. The molecule has 3 aromatic carbocycles. The molecule has 0 aliphatic heterocycles. The van der Waals surface area contributed by atoms with Gasteiger partial charge in [0, 0.05) is 4.47 Å². The van der Waals surface area contributed by atoms with E-state index in [1.165, 1.54) is 0 Å². The van der Waals surface area contributed by atoms with Crippen LogP contribution in [0.3, 0.4) is 0 Å². The second-order valence-electron chi connectivity index (χ2n) is 7.10. The lowest BCUT2D eigenvalue weighted by molar-refractivity contribution is -0.120. The van der Waals surface area contributed by atoms with Gasteiger partial charge >= 0.3 is 0 Å². The van der Waals surface area contributed by atoms with E-state index >= 15 is 0 Å². The highest BCUT2D eigenvalue weighted by atomic mass is 79.9. The van der Waals surface area contributed by atoms with E-state index in [0.29, 0.717) is 31.3 Å². The topological polar surface area (TPSA) is 69.2 Å². The number of rotatable bonds is 11. The van der Waals surface area contributed by atoms with Gasteiger partial charge in [0.2, 0.25) is 5.91 Å². The first kappa shape index (κ1) is 24.3. The lowest BCUT2D eigenvalue weighted by Gasteiger charge is -2.12. The highest BCUT2D eigenvalue weighted by molar-refractivity contribution is 9.10. The zero-order chi connectivity index (χ0) is 23.5. The molecule has 0 aliphatic rings. The molecule has 33 heavy (non-hydrogen) atoms. The van der Waals surface area contributed by atoms with Gasteiger partial charge in [-0.2, -0.15) is 5.10 Å². The minimum absolute atomic E-state index is 0.199. The third kappa shape index (κ3) is 7.95. The quantitative estimate of drug-likeness (QED) is 0.272. The third-order valence-corrected chi connectivity index (χ3v) is 5.11. The van der Waals surface area contributed by atoms with E-state index in [9.17, 15) is 4.79 Å². The van der Waals surface area contributed by atoms with Gasteiger partial charge in [0.15, 0.2) is 11.5 Å². The van der Waals surface area contributed by atoms with Crippen molar-refractivity contribution in [2.24, 2.45) is 5.10 Å². The largest absolute Gasteiger partial charge is 0.494 e. The molecule has 0 bridgehead atoms. The number of benzene rings is 3. The molecule has 0 fully saturated rings. The fraction of sp³-hybridized carbons (Fsp3) is 0.231. The highest BCUT2D eigenvalue weighted by Crippen LogP contribution is 2.29. The molecule has 7 heteroatoms. The minimum Gasteiger partial charge on any atom is -0.494 e. The van der Waals surface area contributed by atoms with Gasteiger partial charge in [-0.05, 0) is 73.0 Å². The van der Waals surface area contributed by atoms with Crippen molar-refractivity contribution in [3.63, 3.8) is 0 Å². The Bertz CT molecular complexity index is 1070. The number of ether oxygens (including phenoxy) is 3. The predicted molar refractivity (Wildman–Crippen MR) is 133 cm³/mol. The Hall–Kier alpha value is -3.32. The van der Waals surface area contributed by atoms with Gasteiger partial charge in [0.1, 0.15) is 12.4 Å². The Morgan fingerprint density at radius 2 is 1.58 bits per heavy atom. The van der Waals surface area contributed by atoms with Crippen LogP contribution in [0, 0.1) is 0 Å². The highest BCUT2D eigenvalue weighted by Gasteiger charge is 2.07. The maximum Gasteiger partial charge on any atom is 0.244 e. The molecule has 0 aromatic heterocycles. The number of amides is 1. The molecule has 0 spiro atoms. The van der Waals surface area contributed by atoms with Crippen LogP contribution in [0.1, 0.15) is 30.5 Å². The lowest BCUT2D eigenvalue weighted by Crippen LogP contribution is -2.19. The van der Waals surface area contributed by atoms with Crippen LogP contribution in [-0.4, -0.2) is 25.3 Å². The van der Waals surface area contributed by atoms with E-state index in [1.54, 1.807) is 6.21 Å². The number of nitrogens with zero attached hydrogens (tertiary/aromatic N) is 1.